The van der Waals surface area contributed by atoms with Crippen LogP contribution in [0.4, 0.5) is 0 Å². The fourth-order valence-corrected chi connectivity index (χ4v) is 5.84. The fraction of sp³-hybridized carbons (Fsp3) is 0.950. The topological polar surface area (TPSA) is 90.3 Å². The second-order valence-electron chi connectivity index (χ2n) is 9.99. The molecule has 0 aromatic heterocycles. The minimum absolute atomic E-state index is 0.0497. The molecule has 7 atom stereocenters. The van der Waals surface area contributed by atoms with Gasteiger partial charge >= 0.3 is 0 Å². The van der Waals surface area contributed by atoms with Gasteiger partial charge in [0.25, 0.3) is 0 Å². The van der Waals surface area contributed by atoms with E-state index in [4.69, 9.17) is 4.74 Å². The number of epoxide rings is 1. The van der Waals surface area contributed by atoms with Gasteiger partial charge in [0, 0.05) is 17.8 Å². The lowest BCUT2D eigenvalue weighted by Gasteiger charge is -2.67. The molecule has 0 unspecified atom stereocenters. The zero-order chi connectivity index (χ0) is 19.1. The molecule has 3 aliphatic rings. The molecule has 0 amide bonds. The summed E-state index contributed by atoms with van der Waals surface area (Å²) in [5.74, 6) is -0.569. The Bertz CT molecular complexity index is 585. The molecule has 1 saturated heterocycles. The molecule has 3 fully saturated rings. The van der Waals surface area contributed by atoms with Crippen LogP contribution < -0.4 is 0 Å². The molecule has 0 aromatic carbocycles. The lowest BCUT2D eigenvalue weighted by Crippen LogP contribution is -2.73. The van der Waals surface area contributed by atoms with Crippen molar-refractivity contribution >= 4 is 5.78 Å². The predicted molar refractivity (Wildman–Crippen MR) is 94.0 cm³/mol. The van der Waals surface area contributed by atoms with Crippen LogP contribution >= 0.6 is 0 Å². The molecule has 3 N–H and O–H groups in total. The molecule has 144 valence electrons. The van der Waals surface area contributed by atoms with Crippen molar-refractivity contribution in [2.75, 3.05) is 0 Å². The highest BCUT2D eigenvalue weighted by molar-refractivity contribution is 5.90. The van der Waals surface area contributed by atoms with E-state index in [0.29, 0.717) is 19.3 Å². The fourth-order valence-electron chi connectivity index (χ4n) is 5.84. The number of aliphatic hydroxyl groups is 3. The van der Waals surface area contributed by atoms with Crippen LogP contribution in [0.15, 0.2) is 0 Å². The first kappa shape index (κ1) is 19.3. The lowest BCUT2D eigenvalue weighted by atomic mass is 9.41. The number of ketones is 1. The maximum absolute atomic E-state index is 12.9. The summed E-state index contributed by atoms with van der Waals surface area (Å²) in [4.78, 5) is 12.9. The van der Waals surface area contributed by atoms with Crippen LogP contribution in [-0.4, -0.2) is 50.1 Å². The lowest BCUT2D eigenvalue weighted by molar-refractivity contribution is -0.296. The van der Waals surface area contributed by atoms with E-state index in [-0.39, 0.29) is 23.7 Å². The van der Waals surface area contributed by atoms with E-state index < -0.39 is 34.2 Å². The molecule has 5 heteroatoms. The molecule has 0 radical (unpaired) electrons. The molecular formula is C20H34O5. The molecule has 2 saturated carbocycles. The Morgan fingerprint density at radius 3 is 2.16 bits per heavy atom. The number of fused-ring (bicyclic) bond motifs is 1. The van der Waals surface area contributed by atoms with Crippen molar-refractivity contribution in [3.05, 3.63) is 0 Å². The number of rotatable bonds is 3. The Labute approximate surface area is 150 Å². The first-order valence-electron chi connectivity index (χ1n) is 9.56. The van der Waals surface area contributed by atoms with Crippen LogP contribution in [0.2, 0.25) is 0 Å². The normalized spacial score (nSPS) is 54.7. The van der Waals surface area contributed by atoms with Gasteiger partial charge in [0.1, 0.15) is 5.60 Å². The molecule has 0 aromatic rings. The number of carbonyl (C=O) groups excluding carboxylic acids is 1. The zero-order valence-corrected chi connectivity index (χ0v) is 16.4. The Morgan fingerprint density at radius 2 is 1.64 bits per heavy atom. The molecule has 0 spiro atoms. The number of hydrogen-bond donors (Lipinski definition) is 3. The van der Waals surface area contributed by atoms with Gasteiger partial charge in [-0.2, -0.15) is 0 Å². The van der Waals surface area contributed by atoms with Crippen LogP contribution in [0.1, 0.15) is 73.6 Å². The van der Waals surface area contributed by atoms with Gasteiger partial charge in [-0.25, -0.2) is 0 Å². The van der Waals surface area contributed by atoms with E-state index >= 15 is 0 Å². The number of aliphatic hydroxyl groups excluding tert-OH is 1. The Morgan fingerprint density at radius 1 is 1.08 bits per heavy atom. The van der Waals surface area contributed by atoms with Crippen molar-refractivity contribution < 1.29 is 24.9 Å². The molecule has 5 nitrogen and oxygen atoms in total. The molecule has 2 aliphatic carbocycles. The van der Waals surface area contributed by atoms with Gasteiger partial charge < -0.3 is 20.1 Å². The third-order valence-corrected chi connectivity index (χ3v) is 8.30. The van der Waals surface area contributed by atoms with Crippen molar-refractivity contribution in [2.24, 2.45) is 16.7 Å². The Hall–Kier alpha value is -0.490. The van der Waals surface area contributed by atoms with Gasteiger partial charge in [-0.05, 0) is 51.9 Å². The predicted octanol–water partition coefficient (Wildman–Crippen LogP) is 2.20. The van der Waals surface area contributed by atoms with Crippen LogP contribution in [0, 0.1) is 16.7 Å². The number of carbonyl (C=O) groups is 1. The molecule has 3 rings (SSSR count). The molecule has 0 bridgehead atoms. The first-order chi connectivity index (χ1) is 11.2. The van der Waals surface area contributed by atoms with E-state index in [2.05, 4.69) is 0 Å². The van der Waals surface area contributed by atoms with E-state index in [9.17, 15) is 20.1 Å². The van der Waals surface area contributed by atoms with Crippen molar-refractivity contribution in [3.8, 4) is 0 Å². The summed E-state index contributed by atoms with van der Waals surface area (Å²) in [5, 5.41) is 33.8. The van der Waals surface area contributed by atoms with Crippen molar-refractivity contribution in [1.29, 1.82) is 0 Å². The quantitative estimate of drug-likeness (QED) is 0.676. The highest BCUT2D eigenvalue weighted by atomic mass is 16.6. The summed E-state index contributed by atoms with van der Waals surface area (Å²) in [7, 11) is 0. The standard InChI is InChI=1S/C20H34O5/c1-12-19(6,25-12)15(22)11-13-17(4,23)9-10-20(24)16(2,3)8-7-14(21)18(13,20)5/h12-14,21,23-24H,7-11H2,1-6H3/t12-,13-,14-,17+,18-,19+,20+/m0/s1. The van der Waals surface area contributed by atoms with E-state index in [1.807, 2.05) is 27.7 Å². The van der Waals surface area contributed by atoms with Gasteiger partial charge in [0.2, 0.25) is 0 Å². The second-order valence-corrected chi connectivity index (χ2v) is 9.99. The van der Waals surface area contributed by atoms with Crippen LogP contribution in [0.25, 0.3) is 0 Å². The zero-order valence-electron chi connectivity index (χ0n) is 16.4. The highest BCUT2D eigenvalue weighted by Crippen LogP contribution is 2.65. The monoisotopic (exact) mass is 354 g/mol. The third-order valence-electron chi connectivity index (χ3n) is 8.30. The van der Waals surface area contributed by atoms with Gasteiger partial charge in [0.05, 0.1) is 23.4 Å². The number of Topliss-reactive ketones (excluding diaryl/α,β-unsaturated/α-hetero) is 1. The maximum atomic E-state index is 12.9. The minimum atomic E-state index is -1.12. The summed E-state index contributed by atoms with van der Waals surface area (Å²) in [6, 6.07) is 0. The van der Waals surface area contributed by atoms with Crippen molar-refractivity contribution in [3.63, 3.8) is 0 Å². The largest absolute Gasteiger partial charge is 0.392 e. The van der Waals surface area contributed by atoms with Gasteiger partial charge in [0.15, 0.2) is 5.78 Å². The van der Waals surface area contributed by atoms with Crippen LogP contribution in [0.3, 0.4) is 0 Å². The third kappa shape index (κ3) is 2.39. The Kier molecular flexibility index (Phi) is 4.07. The van der Waals surface area contributed by atoms with E-state index in [1.54, 1.807) is 13.8 Å². The van der Waals surface area contributed by atoms with Crippen molar-refractivity contribution in [1.82, 2.24) is 0 Å². The molecular weight excluding hydrogens is 320 g/mol. The average Bonchev–Trinajstić information content (AvgIpc) is 3.12. The summed E-state index contributed by atoms with van der Waals surface area (Å²) in [6.45, 7) is 11.3. The van der Waals surface area contributed by atoms with E-state index in [0.717, 1.165) is 6.42 Å². The Balaban J connectivity index is 2.02. The second kappa shape index (κ2) is 5.28. The van der Waals surface area contributed by atoms with Gasteiger partial charge in [-0.15, -0.1) is 0 Å². The van der Waals surface area contributed by atoms with E-state index in [1.165, 1.54) is 0 Å². The minimum Gasteiger partial charge on any atom is -0.392 e. The summed E-state index contributed by atoms with van der Waals surface area (Å²) in [6.07, 6.45) is 1.38. The first-order valence-corrected chi connectivity index (χ1v) is 9.56. The SMILES string of the molecule is C[C@@H]1O[C@@]1(C)C(=O)C[C@@H]1[C@@]2(C)[C@@H](O)CCC(C)(C)[C@]2(O)CC[C@@]1(C)O. The van der Waals surface area contributed by atoms with Crippen LogP contribution in [0.5, 0.6) is 0 Å². The molecule has 25 heavy (non-hydrogen) atoms. The highest BCUT2D eigenvalue weighted by Gasteiger charge is 2.70. The number of ether oxygens (including phenoxy) is 1. The smallest absolute Gasteiger partial charge is 0.167 e. The maximum Gasteiger partial charge on any atom is 0.167 e. The summed E-state index contributed by atoms with van der Waals surface area (Å²) in [5.41, 5.74) is -4.36. The van der Waals surface area contributed by atoms with Gasteiger partial charge in [-0.3, -0.25) is 4.79 Å². The average molecular weight is 354 g/mol. The molecule has 1 aliphatic heterocycles. The summed E-state index contributed by atoms with van der Waals surface area (Å²) >= 11 is 0. The molecule has 1 heterocycles. The van der Waals surface area contributed by atoms with Crippen molar-refractivity contribution in [2.45, 2.75) is 103 Å². The summed E-state index contributed by atoms with van der Waals surface area (Å²) < 4.78 is 5.48. The number of hydrogen-bond acceptors (Lipinski definition) is 5. The van der Waals surface area contributed by atoms with Crippen LogP contribution in [-0.2, 0) is 9.53 Å². The van der Waals surface area contributed by atoms with Gasteiger partial charge in [-0.1, -0.05) is 20.8 Å².